The lowest BCUT2D eigenvalue weighted by Gasteiger charge is -2.28. The molecule has 0 spiro atoms. The fourth-order valence-corrected chi connectivity index (χ4v) is 5.68. The molecule has 2 aliphatic rings. The Morgan fingerprint density at radius 3 is 2.71 bits per heavy atom. The number of aromatic nitrogens is 2. The second-order valence-electron chi connectivity index (χ2n) is 11.4. The number of hydrogen-bond acceptors (Lipinski definition) is 6. The van der Waals surface area contributed by atoms with Gasteiger partial charge in [-0.3, -0.25) is 0 Å². The first-order chi connectivity index (χ1) is 18.0. The van der Waals surface area contributed by atoms with Crippen LogP contribution in [0.2, 0.25) is 0 Å². The molecule has 4 heterocycles. The Morgan fingerprint density at radius 2 is 2.03 bits per heavy atom. The first-order valence-corrected chi connectivity index (χ1v) is 13.6. The molecule has 8 heteroatoms. The van der Waals surface area contributed by atoms with Crippen molar-refractivity contribution in [1.29, 1.82) is 0 Å². The summed E-state index contributed by atoms with van der Waals surface area (Å²) in [6.45, 7) is 14.6. The Balaban J connectivity index is 1.78. The van der Waals surface area contributed by atoms with E-state index in [0.29, 0.717) is 17.9 Å². The van der Waals surface area contributed by atoms with Gasteiger partial charge in [0.25, 0.3) is 0 Å². The average Bonchev–Trinajstić information content (AvgIpc) is 3.10. The van der Waals surface area contributed by atoms with Crippen LogP contribution in [-0.2, 0) is 20.8 Å². The van der Waals surface area contributed by atoms with Crippen LogP contribution in [0.25, 0.3) is 22.2 Å². The summed E-state index contributed by atoms with van der Waals surface area (Å²) >= 11 is 0. The maximum atomic E-state index is 12.7. The summed E-state index contributed by atoms with van der Waals surface area (Å²) in [5, 5.41) is 14.8. The van der Waals surface area contributed by atoms with Gasteiger partial charge in [0.1, 0.15) is 18.0 Å². The number of carbonyl (C=O) groups is 1. The minimum Gasteiger partial charge on any atom is -0.490 e. The third kappa shape index (κ3) is 4.99. The molecule has 2 atom stereocenters. The van der Waals surface area contributed by atoms with Crippen LogP contribution < -0.4 is 10.1 Å². The molecule has 0 aliphatic carbocycles. The van der Waals surface area contributed by atoms with E-state index in [0.717, 1.165) is 77.4 Å². The molecule has 204 valence electrons. The molecule has 0 saturated carbocycles. The van der Waals surface area contributed by atoms with E-state index in [1.54, 1.807) is 0 Å². The summed E-state index contributed by atoms with van der Waals surface area (Å²) in [5.41, 5.74) is 6.28. The van der Waals surface area contributed by atoms with Gasteiger partial charge in [0.05, 0.1) is 23.9 Å². The zero-order valence-electron chi connectivity index (χ0n) is 23.3. The van der Waals surface area contributed by atoms with E-state index in [1.165, 1.54) is 6.42 Å². The third-order valence-corrected chi connectivity index (χ3v) is 7.55. The Morgan fingerprint density at radius 1 is 1.24 bits per heavy atom. The van der Waals surface area contributed by atoms with Crippen LogP contribution in [0.3, 0.4) is 0 Å². The van der Waals surface area contributed by atoms with Gasteiger partial charge in [-0.25, -0.2) is 9.78 Å². The summed E-state index contributed by atoms with van der Waals surface area (Å²) in [6.07, 6.45) is 2.26. The van der Waals surface area contributed by atoms with Crippen LogP contribution in [0.4, 0.5) is 5.69 Å². The van der Waals surface area contributed by atoms with E-state index in [2.05, 4.69) is 29.8 Å². The van der Waals surface area contributed by atoms with Gasteiger partial charge in [-0.1, -0.05) is 6.07 Å². The van der Waals surface area contributed by atoms with Crippen LogP contribution in [0.15, 0.2) is 18.2 Å². The molecule has 0 bridgehead atoms. The fraction of sp³-hybridized carbons (Fsp3) is 0.533. The number of fused-ring (bicyclic) bond motifs is 2. The van der Waals surface area contributed by atoms with Gasteiger partial charge < -0.3 is 29.2 Å². The summed E-state index contributed by atoms with van der Waals surface area (Å²) in [6, 6.07) is 6.02. The Labute approximate surface area is 224 Å². The molecular weight excluding hydrogens is 482 g/mol. The minimum atomic E-state index is -1.17. The number of nitrogens with zero attached hydrogens (tertiary/aromatic N) is 2. The van der Waals surface area contributed by atoms with Gasteiger partial charge in [-0.2, -0.15) is 0 Å². The highest BCUT2D eigenvalue weighted by atomic mass is 16.5. The predicted molar refractivity (Wildman–Crippen MR) is 148 cm³/mol. The highest BCUT2D eigenvalue weighted by Crippen LogP contribution is 2.44. The largest absolute Gasteiger partial charge is 0.490 e. The normalized spacial score (nSPS) is 18.5. The SMILES string of the molecule is Cc1nc2c(c(C)c(C)n2C[C@@H]2CCCCO2)c(-c2ccc3c(c2)NCCO3)c1[C@H](OC(C)(C)C)C(=O)O. The molecule has 38 heavy (non-hydrogen) atoms. The van der Waals surface area contributed by atoms with E-state index in [1.807, 2.05) is 39.8 Å². The van der Waals surface area contributed by atoms with Gasteiger partial charge in [0.15, 0.2) is 6.10 Å². The number of pyridine rings is 1. The topological polar surface area (TPSA) is 94.8 Å². The van der Waals surface area contributed by atoms with Gasteiger partial charge in [0.2, 0.25) is 0 Å². The number of benzene rings is 1. The van der Waals surface area contributed by atoms with Crippen molar-refractivity contribution in [2.75, 3.05) is 25.1 Å². The van der Waals surface area contributed by atoms with Crippen molar-refractivity contribution in [2.45, 2.75) is 85.2 Å². The predicted octanol–water partition coefficient (Wildman–Crippen LogP) is 5.94. The molecule has 0 radical (unpaired) electrons. The van der Waals surface area contributed by atoms with Crippen molar-refractivity contribution in [2.24, 2.45) is 0 Å². The van der Waals surface area contributed by atoms with Crippen LogP contribution in [0, 0.1) is 20.8 Å². The minimum absolute atomic E-state index is 0.142. The zero-order valence-corrected chi connectivity index (χ0v) is 23.3. The van der Waals surface area contributed by atoms with Gasteiger partial charge in [-0.05, 0) is 84.1 Å². The second kappa shape index (κ2) is 10.2. The molecule has 8 nitrogen and oxygen atoms in total. The Hall–Kier alpha value is -3.10. The molecule has 1 aromatic carbocycles. The van der Waals surface area contributed by atoms with Crippen molar-refractivity contribution in [3.63, 3.8) is 0 Å². The fourth-order valence-electron chi connectivity index (χ4n) is 5.68. The number of nitrogens with one attached hydrogen (secondary N) is 1. The Kier molecular flexibility index (Phi) is 7.13. The van der Waals surface area contributed by atoms with Crippen LogP contribution in [0.5, 0.6) is 5.75 Å². The van der Waals surface area contributed by atoms with Crippen molar-refractivity contribution < 1.29 is 24.1 Å². The van der Waals surface area contributed by atoms with Crippen molar-refractivity contribution in [3.05, 3.63) is 40.7 Å². The highest BCUT2D eigenvalue weighted by Gasteiger charge is 2.34. The quantitative estimate of drug-likeness (QED) is 0.414. The van der Waals surface area contributed by atoms with Crippen molar-refractivity contribution >= 4 is 22.7 Å². The molecular formula is C30H39N3O5. The lowest BCUT2D eigenvalue weighted by molar-refractivity contribution is -0.160. The highest BCUT2D eigenvalue weighted by molar-refractivity contribution is 6.01. The number of anilines is 1. The molecule has 0 unspecified atom stereocenters. The Bertz CT molecular complexity index is 1360. The van der Waals surface area contributed by atoms with Crippen LogP contribution >= 0.6 is 0 Å². The van der Waals surface area contributed by atoms with Gasteiger partial charge >= 0.3 is 5.97 Å². The van der Waals surface area contributed by atoms with E-state index < -0.39 is 17.7 Å². The first-order valence-electron chi connectivity index (χ1n) is 13.6. The molecule has 1 fully saturated rings. The molecule has 0 amide bonds. The van der Waals surface area contributed by atoms with Crippen LogP contribution in [0.1, 0.15) is 68.7 Å². The number of aliphatic carboxylic acids is 1. The summed E-state index contributed by atoms with van der Waals surface area (Å²) in [7, 11) is 0. The number of ether oxygens (including phenoxy) is 3. The number of carboxylic acid groups (broad SMARTS) is 1. The number of rotatable bonds is 6. The van der Waals surface area contributed by atoms with E-state index >= 15 is 0 Å². The summed E-state index contributed by atoms with van der Waals surface area (Å²) < 4.78 is 20.3. The van der Waals surface area contributed by atoms with E-state index in [4.69, 9.17) is 19.2 Å². The van der Waals surface area contributed by atoms with Crippen molar-refractivity contribution in [1.82, 2.24) is 9.55 Å². The molecule has 2 N–H and O–H groups in total. The summed E-state index contributed by atoms with van der Waals surface area (Å²) in [5.74, 6) is -0.238. The molecule has 5 rings (SSSR count). The first kappa shape index (κ1) is 26.5. The maximum absolute atomic E-state index is 12.7. The molecule has 1 saturated heterocycles. The lowest BCUT2D eigenvalue weighted by atomic mass is 9.90. The van der Waals surface area contributed by atoms with E-state index in [-0.39, 0.29) is 6.10 Å². The lowest BCUT2D eigenvalue weighted by Crippen LogP contribution is -2.28. The monoisotopic (exact) mass is 521 g/mol. The maximum Gasteiger partial charge on any atom is 0.337 e. The summed E-state index contributed by atoms with van der Waals surface area (Å²) in [4.78, 5) is 17.7. The standard InChI is InChI=1S/C30H39N3O5/c1-17-19(3)33(16-21-9-7-8-13-36-21)28-24(17)26(20-10-11-23-22(15-20)31-12-14-37-23)25(18(2)32-28)27(29(34)35)38-30(4,5)6/h10-11,15,21,27,31H,7-9,12-14,16H2,1-6H3,(H,34,35)/t21-,27-/m0/s1. The average molecular weight is 522 g/mol. The number of hydrogen-bond donors (Lipinski definition) is 2. The number of aryl methyl sites for hydroxylation is 2. The smallest absolute Gasteiger partial charge is 0.337 e. The molecule has 2 aromatic heterocycles. The van der Waals surface area contributed by atoms with Gasteiger partial charge in [0, 0.05) is 41.1 Å². The zero-order chi connectivity index (χ0) is 27.2. The van der Waals surface area contributed by atoms with Crippen LogP contribution in [-0.4, -0.2) is 52.1 Å². The van der Waals surface area contributed by atoms with Crippen molar-refractivity contribution in [3.8, 4) is 16.9 Å². The third-order valence-electron chi connectivity index (χ3n) is 7.55. The number of carboxylic acids is 1. The second-order valence-corrected chi connectivity index (χ2v) is 11.4. The van der Waals surface area contributed by atoms with E-state index in [9.17, 15) is 9.90 Å². The molecule has 3 aromatic rings. The van der Waals surface area contributed by atoms with Gasteiger partial charge in [-0.15, -0.1) is 0 Å². The molecule has 2 aliphatic heterocycles.